The van der Waals surface area contributed by atoms with Crippen LogP contribution in [0.25, 0.3) is 33.2 Å². The molecule has 0 aliphatic rings. The molecule has 0 radical (unpaired) electrons. The minimum atomic E-state index is 0. The lowest BCUT2D eigenvalue weighted by Crippen LogP contribution is -2.02. The first-order chi connectivity index (χ1) is 17.2. The van der Waals surface area contributed by atoms with Crippen LogP contribution in [-0.4, -0.2) is 29.9 Å². The highest BCUT2D eigenvalue weighted by atomic mass is 35.5. The monoisotopic (exact) mass is 550 g/mol. The van der Waals surface area contributed by atoms with Gasteiger partial charge >= 0.3 is 0 Å². The minimum Gasteiger partial charge on any atom is -0.341 e. The number of halogens is 3. The lowest BCUT2D eigenvalue weighted by Gasteiger charge is -2.17. The summed E-state index contributed by atoms with van der Waals surface area (Å²) >= 11 is 6.04. The molecule has 3 N–H and O–H groups in total. The molecule has 11 heteroatoms. The Balaban J connectivity index is 0.00000160. The molecule has 37 heavy (non-hydrogen) atoms. The van der Waals surface area contributed by atoms with Crippen molar-refractivity contribution in [1.29, 1.82) is 0 Å². The molecule has 8 nitrogen and oxygen atoms in total. The van der Waals surface area contributed by atoms with Crippen LogP contribution < -0.4 is 10.6 Å². The van der Waals surface area contributed by atoms with E-state index in [0.717, 1.165) is 50.3 Å². The lowest BCUT2D eigenvalue weighted by molar-refractivity contribution is 1.19. The van der Waals surface area contributed by atoms with E-state index in [1.807, 2.05) is 42.5 Å². The first kappa shape index (κ1) is 26.1. The van der Waals surface area contributed by atoms with Gasteiger partial charge in [0.1, 0.15) is 29.2 Å². The van der Waals surface area contributed by atoms with E-state index in [4.69, 9.17) is 11.6 Å². The molecule has 0 atom stereocenters. The van der Waals surface area contributed by atoms with Crippen molar-refractivity contribution < 1.29 is 0 Å². The number of aromatic nitrogens is 6. The van der Waals surface area contributed by atoms with Crippen LogP contribution in [0.3, 0.4) is 0 Å². The summed E-state index contributed by atoms with van der Waals surface area (Å²) in [6.45, 7) is 2.06. The third-order valence-corrected chi connectivity index (χ3v) is 6.04. The third-order valence-electron chi connectivity index (χ3n) is 5.79. The summed E-state index contributed by atoms with van der Waals surface area (Å²) in [4.78, 5) is 25.3. The second kappa shape index (κ2) is 11.0. The zero-order chi connectivity index (χ0) is 23.8. The molecule has 0 saturated heterocycles. The van der Waals surface area contributed by atoms with Crippen LogP contribution in [0.2, 0.25) is 5.02 Å². The van der Waals surface area contributed by atoms with Gasteiger partial charge in [0.25, 0.3) is 0 Å². The fraction of sp³-hybridized carbons (Fsp3) is 0.0385. The Morgan fingerprint density at radius 3 is 2.41 bits per heavy atom. The molecule has 4 aromatic heterocycles. The van der Waals surface area contributed by atoms with Gasteiger partial charge in [0.2, 0.25) is 0 Å². The molecule has 4 heterocycles. The number of pyridine rings is 2. The summed E-state index contributed by atoms with van der Waals surface area (Å²) in [6, 6.07) is 17.5. The van der Waals surface area contributed by atoms with Crippen LogP contribution in [0.15, 0.2) is 79.6 Å². The van der Waals surface area contributed by atoms with Crippen LogP contribution in [-0.2, 0) is 0 Å². The predicted octanol–water partition coefficient (Wildman–Crippen LogP) is 7.26. The van der Waals surface area contributed by atoms with Gasteiger partial charge in [0.05, 0.1) is 12.0 Å². The quantitative estimate of drug-likeness (QED) is 0.207. The number of benzene rings is 2. The highest BCUT2D eigenvalue weighted by molar-refractivity contribution is 6.30. The third kappa shape index (κ3) is 4.99. The Morgan fingerprint density at radius 2 is 1.57 bits per heavy atom. The summed E-state index contributed by atoms with van der Waals surface area (Å²) in [5.74, 6) is 1.44. The second-order valence-corrected chi connectivity index (χ2v) is 8.43. The Bertz CT molecular complexity index is 1690. The van der Waals surface area contributed by atoms with Crippen LogP contribution in [0, 0.1) is 6.92 Å². The fourth-order valence-electron chi connectivity index (χ4n) is 4.08. The fourth-order valence-corrected chi connectivity index (χ4v) is 4.21. The van der Waals surface area contributed by atoms with Gasteiger partial charge in [-0.3, -0.25) is 0 Å². The van der Waals surface area contributed by atoms with Gasteiger partial charge in [-0.15, -0.1) is 24.8 Å². The Morgan fingerprint density at radius 1 is 0.757 bits per heavy atom. The highest BCUT2D eigenvalue weighted by Gasteiger charge is 2.16. The van der Waals surface area contributed by atoms with Crippen molar-refractivity contribution in [1.82, 2.24) is 29.9 Å². The maximum absolute atomic E-state index is 6.04. The summed E-state index contributed by atoms with van der Waals surface area (Å²) < 4.78 is 0. The van der Waals surface area contributed by atoms with Crippen molar-refractivity contribution in [2.24, 2.45) is 0 Å². The SMILES string of the molecule is Cc1ccc2c(Nc3ccc(Cl)cc3)nccc2c1Nc1ncccc1-c1ncnc2nc[nH]c12.Cl.Cl. The van der Waals surface area contributed by atoms with Gasteiger partial charge in [-0.1, -0.05) is 23.7 Å². The lowest BCUT2D eigenvalue weighted by atomic mass is 10.0. The van der Waals surface area contributed by atoms with E-state index in [1.165, 1.54) is 6.33 Å². The number of aryl methyl sites for hydroxylation is 1. The molecule has 0 bridgehead atoms. The van der Waals surface area contributed by atoms with E-state index in [9.17, 15) is 0 Å². The van der Waals surface area contributed by atoms with Crippen molar-refractivity contribution in [3.05, 3.63) is 90.2 Å². The zero-order valence-electron chi connectivity index (χ0n) is 19.4. The molecule has 0 aliphatic carbocycles. The van der Waals surface area contributed by atoms with Gasteiger partial charge in [-0.25, -0.2) is 24.9 Å². The number of hydrogen-bond donors (Lipinski definition) is 3. The molecule has 0 spiro atoms. The topological polar surface area (TPSA) is 104 Å². The van der Waals surface area contributed by atoms with Crippen LogP contribution in [0.1, 0.15) is 5.56 Å². The number of nitrogens with zero attached hydrogens (tertiary/aromatic N) is 5. The smallest absolute Gasteiger partial charge is 0.181 e. The van der Waals surface area contributed by atoms with Crippen molar-refractivity contribution in [3.8, 4) is 11.3 Å². The maximum Gasteiger partial charge on any atom is 0.181 e. The molecule has 0 fully saturated rings. The van der Waals surface area contributed by atoms with E-state index >= 15 is 0 Å². The van der Waals surface area contributed by atoms with Crippen molar-refractivity contribution in [2.75, 3.05) is 10.6 Å². The van der Waals surface area contributed by atoms with Gasteiger partial charge in [0, 0.05) is 39.4 Å². The molecule has 0 aliphatic heterocycles. The molecule has 186 valence electrons. The number of aromatic amines is 1. The van der Waals surface area contributed by atoms with E-state index in [-0.39, 0.29) is 24.8 Å². The Kier molecular flexibility index (Phi) is 7.73. The summed E-state index contributed by atoms with van der Waals surface area (Å²) in [6.07, 6.45) is 6.68. The molecule has 0 amide bonds. The standard InChI is InChI=1S/C26H19ClN8.2ClH/c1-15-4-9-19-18(10-12-29-24(19)34-17-7-5-16(27)6-8-17)21(15)35-25-20(3-2-11-28-25)22-23-26(32-13-30-22)33-14-31-23;;/h2-14H,1H3,(H,28,35)(H,29,34)(H,30,31,32,33);2*1H. The first-order valence-electron chi connectivity index (χ1n) is 10.9. The number of rotatable bonds is 5. The number of anilines is 4. The highest BCUT2D eigenvalue weighted by Crippen LogP contribution is 2.36. The average Bonchev–Trinajstić information content (AvgIpc) is 3.37. The zero-order valence-corrected chi connectivity index (χ0v) is 21.8. The molecule has 0 saturated carbocycles. The van der Waals surface area contributed by atoms with Crippen LogP contribution in [0.5, 0.6) is 0 Å². The molecular weight excluding hydrogens is 531 g/mol. The molecule has 6 aromatic rings. The van der Waals surface area contributed by atoms with Crippen LogP contribution in [0.4, 0.5) is 23.0 Å². The van der Waals surface area contributed by atoms with Crippen molar-refractivity contribution in [2.45, 2.75) is 6.92 Å². The van der Waals surface area contributed by atoms with Crippen LogP contribution >= 0.6 is 36.4 Å². The van der Waals surface area contributed by atoms with E-state index in [1.54, 1.807) is 18.7 Å². The van der Waals surface area contributed by atoms with Gasteiger partial charge in [-0.05, 0) is 55.0 Å². The summed E-state index contributed by atoms with van der Waals surface area (Å²) in [5, 5.41) is 9.64. The molecule has 2 aromatic carbocycles. The van der Waals surface area contributed by atoms with E-state index < -0.39 is 0 Å². The predicted molar refractivity (Wildman–Crippen MR) is 154 cm³/mol. The number of nitrogens with one attached hydrogen (secondary N) is 3. The number of imidazole rings is 1. The van der Waals surface area contributed by atoms with Crippen molar-refractivity contribution >= 4 is 81.4 Å². The molecule has 6 rings (SSSR count). The van der Waals surface area contributed by atoms with Gasteiger partial charge in [0.15, 0.2) is 5.65 Å². The number of hydrogen-bond acceptors (Lipinski definition) is 7. The van der Waals surface area contributed by atoms with Crippen molar-refractivity contribution in [3.63, 3.8) is 0 Å². The maximum atomic E-state index is 6.04. The summed E-state index contributed by atoms with van der Waals surface area (Å²) in [7, 11) is 0. The minimum absolute atomic E-state index is 0. The van der Waals surface area contributed by atoms with E-state index in [0.29, 0.717) is 16.5 Å². The average molecular weight is 552 g/mol. The Labute approximate surface area is 229 Å². The number of H-pyrrole nitrogens is 1. The Hall–Kier alpha value is -3.98. The molecular formula is C26H21Cl3N8. The van der Waals surface area contributed by atoms with E-state index in [2.05, 4.69) is 59.6 Å². The normalized spacial score (nSPS) is 10.5. The van der Waals surface area contributed by atoms with Gasteiger partial charge in [-0.2, -0.15) is 0 Å². The second-order valence-electron chi connectivity index (χ2n) is 7.99. The van der Waals surface area contributed by atoms with Gasteiger partial charge < -0.3 is 15.6 Å². The number of fused-ring (bicyclic) bond motifs is 2. The summed E-state index contributed by atoms with van der Waals surface area (Å²) in [5.41, 5.74) is 5.86. The molecule has 0 unspecified atom stereocenters. The largest absolute Gasteiger partial charge is 0.341 e. The first-order valence-corrected chi connectivity index (χ1v) is 11.3.